The van der Waals surface area contributed by atoms with Crippen molar-refractivity contribution in [1.29, 1.82) is 0 Å². The molecule has 2 aliphatic rings. The van der Waals surface area contributed by atoms with Gasteiger partial charge >= 0.3 is 0 Å². The molecule has 0 spiro atoms. The van der Waals surface area contributed by atoms with E-state index in [9.17, 15) is 9.90 Å². The van der Waals surface area contributed by atoms with E-state index in [1.807, 2.05) is 0 Å². The van der Waals surface area contributed by atoms with Gasteiger partial charge in [0.05, 0.1) is 12.2 Å². The van der Waals surface area contributed by atoms with E-state index in [1.165, 1.54) is 12.8 Å². The number of aromatic amines is 1. The number of H-pyrrole nitrogens is 1. The Labute approximate surface area is 105 Å². The van der Waals surface area contributed by atoms with Crippen LogP contribution in [0, 0.1) is 6.92 Å². The Morgan fingerprint density at radius 3 is 3.17 bits per heavy atom. The molecule has 98 valence electrons. The first-order valence-electron chi connectivity index (χ1n) is 6.30. The Morgan fingerprint density at radius 2 is 2.39 bits per heavy atom. The second-order valence-corrected chi connectivity index (χ2v) is 5.01. The maximum atomic E-state index is 11.6. The van der Waals surface area contributed by atoms with Gasteiger partial charge in [0.15, 0.2) is 0 Å². The van der Waals surface area contributed by atoms with E-state index in [4.69, 9.17) is 4.74 Å². The van der Waals surface area contributed by atoms with Crippen molar-refractivity contribution in [1.82, 2.24) is 14.9 Å². The fourth-order valence-electron chi connectivity index (χ4n) is 2.67. The average Bonchev–Trinajstić information content (AvgIpc) is 2.82. The number of morpholine rings is 1. The minimum atomic E-state index is -0.301. The molecule has 0 radical (unpaired) electrons. The number of aromatic nitrogens is 2. The van der Waals surface area contributed by atoms with Gasteiger partial charge in [0.2, 0.25) is 5.88 Å². The summed E-state index contributed by atoms with van der Waals surface area (Å²) in [7, 11) is 0. The third-order valence-electron chi connectivity index (χ3n) is 3.84. The number of rotatable bonds is 1. The Bertz CT molecular complexity index is 514. The van der Waals surface area contributed by atoms with Gasteiger partial charge in [-0.05, 0) is 26.3 Å². The van der Waals surface area contributed by atoms with E-state index in [0.29, 0.717) is 18.5 Å². The Balaban J connectivity index is 1.85. The van der Waals surface area contributed by atoms with Crippen molar-refractivity contribution in [2.24, 2.45) is 0 Å². The standard InChI is InChI=1S/C12H17N3O3/c1-7-11(16)13-10(14-12(7)17)9-5-15-4-2-3-8(15)6-18-9/h8-9H,2-6H2,1H3,(H2,13,14,16,17). The summed E-state index contributed by atoms with van der Waals surface area (Å²) in [4.78, 5) is 20.7. The van der Waals surface area contributed by atoms with E-state index in [0.717, 1.165) is 13.1 Å². The molecule has 2 aliphatic heterocycles. The first-order valence-corrected chi connectivity index (χ1v) is 6.30. The lowest BCUT2D eigenvalue weighted by molar-refractivity contribution is -0.0544. The molecule has 0 bridgehead atoms. The normalized spacial score (nSPS) is 28.3. The number of nitrogens with one attached hydrogen (secondary N) is 1. The van der Waals surface area contributed by atoms with Crippen molar-refractivity contribution in [2.45, 2.75) is 31.9 Å². The monoisotopic (exact) mass is 251 g/mol. The highest BCUT2D eigenvalue weighted by atomic mass is 16.5. The molecular weight excluding hydrogens is 234 g/mol. The molecule has 2 fully saturated rings. The van der Waals surface area contributed by atoms with E-state index in [1.54, 1.807) is 6.92 Å². The molecule has 1 aromatic rings. The predicted octanol–water partition coefficient (Wildman–Crippen LogP) is 0.320. The fraction of sp³-hybridized carbons (Fsp3) is 0.667. The van der Waals surface area contributed by atoms with Gasteiger partial charge in [-0.15, -0.1) is 0 Å². The second-order valence-electron chi connectivity index (χ2n) is 5.01. The van der Waals surface area contributed by atoms with Crippen LogP contribution < -0.4 is 5.56 Å². The van der Waals surface area contributed by atoms with E-state index in [2.05, 4.69) is 14.9 Å². The molecule has 0 aliphatic carbocycles. The van der Waals surface area contributed by atoms with Gasteiger partial charge in [-0.3, -0.25) is 9.69 Å². The van der Waals surface area contributed by atoms with Crippen molar-refractivity contribution >= 4 is 0 Å². The van der Waals surface area contributed by atoms with E-state index in [-0.39, 0.29) is 23.1 Å². The first-order chi connectivity index (χ1) is 8.65. The Kier molecular flexibility index (Phi) is 2.83. The summed E-state index contributed by atoms with van der Waals surface area (Å²) in [6, 6.07) is 0.506. The topological polar surface area (TPSA) is 78.5 Å². The summed E-state index contributed by atoms with van der Waals surface area (Å²) in [6.45, 7) is 4.02. The van der Waals surface area contributed by atoms with Crippen molar-refractivity contribution in [2.75, 3.05) is 19.7 Å². The van der Waals surface area contributed by atoms with Crippen LogP contribution in [0.3, 0.4) is 0 Å². The SMILES string of the molecule is Cc1c(O)nc(C2CN3CCCC3CO2)[nH]c1=O. The molecular formula is C12H17N3O3. The molecule has 2 unspecified atom stereocenters. The van der Waals surface area contributed by atoms with E-state index >= 15 is 0 Å². The van der Waals surface area contributed by atoms with Crippen molar-refractivity contribution in [3.05, 3.63) is 21.7 Å². The maximum Gasteiger partial charge on any atom is 0.257 e. The third-order valence-corrected chi connectivity index (χ3v) is 3.84. The average molecular weight is 251 g/mol. The molecule has 2 saturated heterocycles. The summed E-state index contributed by atoms with van der Waals surface area (Å²) >= 11 is 0. The molecule has 6 nitrogen and oxygen atoms in total. The molecule has 0 amide bonds. The van der Waals surface area contributed by atoms with Crippen LogP contribution in [0.15, 0.2) is 4.79 Å². The highest BCUT2D eigenvalue weighted by molar-refractivity contribution is 5.21. The van der Waals surface area contributed by atoms with Gasteiger partial charge in [0.25, 0.3) is 5.56 Å². The summed E-state index contributed by atoms with van der Waals surface area (Å²) in [6.07, 6.45) is 2.12. The molecule has 3 rings (SSSR count). The van der Waals surface area contributed by atoms with Crippen LogP contribution in [-0.4, -0.2) is 45.7 Å². The third kappa shape index (κ3) is 1.91. The molecule has 3 heterocycles. The quantitative estimate of drug-likeness (QED) is 0.751. The summed E-state index contributed by atoms with van der Waals surface area (Å²) < 4.78 is 5.74. The van der Waals surface area contributed by atoms with Gasteiger partial charge in [-0.1, -0.05) is 0 Å². The van der Waals surface area contributed by atoms with Gasteiger partial charge in [-0.2, -0.15) is 4.98 Å². The smallest absolute Gasteiger partial charge is 0.257 e. The maximum absolute atomic E-state index is 11.6. The van der Waals surface area contributed by atoms with Gasteiger partial charge in [0, 0.05) is 12.6 Å². The number of hydrogen-bond donors (Lipinski definition) is 2. The number of aromatic hydroxyl groups is 1. The minimum Gasteiger partial charge on any atom is -0.493 e. The van der Waals surface area contributed by atoms with Gasteiger partial charge in [0.1, 0.15) is 11.9 Å². The van der Waals surface area contributed by atoms with Crippen LogP contribution in [0.5, 0.6) is 5.88 Å². The van der Waals surface area contributed by atoms with Crippen LogP contribution in [0.25, 0.3) is 0 Å². The molecule has 18 heavy (non-hydrogen) atoms. The van der Waals surface area contributed by atoms with E-state index < -0.39 is 0 Å². The molecule has 0 saturated carbocycles. The zero-order chi connectivity index (χ0) is 12.7. The highest BCUT2D eigenvalue weighted by Gasteiger charge is 2.34. The van der Waals surface area contributed by atoms with Crippen molar-refractivity contribution in [3.8, 4) is 5.88 Å². The summed E-state index contributed by atoms with van der Waals surface area (Å²) in [5.41, 5.74) is -0.0572. The lowest BCUT2D eigenvalue weighted by Crippen LogP contribution is -2.43. The summed E-state index contributed by atoms with van der Waals surface area (Å²) in [5.74, 6) is 0.217. The van der Waals surface area contributed by atoms with Crippen LogP contribution >= 0.6 is 0 Å². The van der Waals surface area contributed by atoms with Crippen molar-refractivity contribution in [3.63, 3.8) is 0 Å². The molecule has 2 N–H and O–H groups in total. The molecule has 0 aromatic carbocycles. The Morgan fingerprint density at radius 1 is 1.56 bits per heavy atom. The molecule has 6 heteroatoms. The minimum absolute atomic E-state index is 0.208. The number of ether oxygens (including phenoxy) is 1. The summed E-state index contributed by atoms with van der Waals surface area (Å²) in [5, 5.41) is 9.60. The second kappa shape index (κ2) is 4.37. The number of fused-ring (bicyclic) bond motifs is 1. The zero-order valence-corrected chi connectivity index (χ0v) is 10.3. The zero-order valence-electron chi connectivity index (χ0n) is 10.3. The van der Waals surface area contributed by atoms with Crippen molar-refractivity contribution < 1.29 is 9.84 Å². The Hall–Kier alpha value is -1.40. The predicted molar refractivity (Wildman–Crippen MR) is 64.5 cm³/mol. The van der Waals surface area contributed by atoms with Crippen LogP contribution in [0.2, 0.25) is 0 Å². The van der Waals surface area contributed by atoms with Gasteiger partial charge < -0.3 is 14.8 Å². The fourth-order valence-corrected chi connectivity index (χ4v) is 2.67. The lowest BCUT2D eigenvalue weighted by Gasteiger charge is -2.34. The van der Waals surface area contributed by atoms with Gasteiger partial charge in [-0.25, -0.2) is 0 Å². The molecule has 2 atom stereocenters. The van der Waals surface area contributed by atoms with Crippen LogP contribution in [0.1, 0.15) is 30.3 Å². The number of hydrogen-bond acceptors (Lipinski definition) is 5. The first kappa shape index (κ1) is 11.7. The largest absolute Gasteiger partial charge is 0.493 e. The molecule has 1 aromatic heterocycles. The van der Waals surface area contributed by atoms with Crippen LogP contribution in [-0.2, 0) is 4.74 Å². The highest BCUT2D eigenvalue weighted by Crippen LogP contribution is 2.28. The van der Waals surface area contributed by atoms with Crippen LogP contribution in [0.4, 0.5) is 0 Å². The number of nitrogens with zero attached hydrogens (tertiary/aromatic N) is 2. The lowest BCUT2D eigenvalue weighted by atomic mass is 10.2.